The zero-order valence-corrected chi connectivity index (χ0v) is 10.9. The van der Waals surface area contributed by atoms with E-state index in [-0.39, 0.29) is 18.0 Å². The fourth-order valence-electron chi connectivity index (χ4n) is 1.86. The minimum absolute atomic E-state index is 0.0485. The van der Waals surface area contributed by atoms with Crippen molar-refractivity contribution in [1.29, 1.82) is 0 Å². The Kier molecular flexibility index (Phi) is 3.72. The largest absolute Gasteiger partial charge is 0.399 e. The van der Waals surface area contributed by atoms with Crippen LogP contribution in [-0.2, 0) is 14.8 Å². The Hall–Kier alpha value is -1.67. The van der Waals surface area contributed by atoms with E-state index in [1.165, 1.54) is 12.1 Å². The average molecular weight is 287 g/mol. The quantitative estimate of drug-likeness (QED) is 0.786. The van der Waals surface area contributed by atoms with Crippen molar-refractivity contribution in [3.8, 4) is 0 Å². The van der Waals surface area contributed by atoms with E-state index in [1.807, 2.05) is 0 Å². The third kappa shape index (κ3) is 3.21. The van der Waals surface area contributed by atoms with Crippen molar-refractivity contribution in [2.45, 2.75) is 6.42 Å². The lowest BCUT2D eigenvalue weighted by molar-refractivity contribution is -0.116. The van der Waals surface area contributed by atoms with Gasteiger partial charge in [-0.1, -0.05) is 0 Å². The first-order chi connectivity index (χ1) is 8.88. The summed E-state index contributed by atoms with van der Waals surface area (Å²) in [6, 6.07) is 3.79. The van der Waals surface area contributed by atoms with Crippen LogP contribution in [-0.4, -0.2) is 37.5 Å². The molecule has 1 aliphatic rings. The number of nitrogen functional groups attached to an aromatic ring is 1. The van der Waals surface area contributed by atoms with Crippen LogP contribution in [0.2, 0.25) is 0 Å². The Bertz CT molecular complexity index is 603. The van der Waals surface area contributed by atoms with Gasteiger partial charge in [0.15, 0.2) is 0 Å². The van der Waals surface area contributed by atoms with Crippen molar-refractivity contribution in [3.63, 3.8) is 0 Å². The molecule has 2 rings (SSSR count). The summed E-state index contributed by atoms with van der Waals surface area (Å²) >= 11 is 0. The van der Waals surface area contributed by atoms with E-state index in [1.54, 1.807) is 0 Å². The SMILES string of the molecule is Nc1ccc(F)c(NC(=O)CN2CCCS2(=O)=O)c1. The molecule has 0 aliphatic carbocycles. The Balaban J connectivity index is 2.04. The Labute approximate surface area is 110 Å². The van der Waals surface area contributed by atoms with Crippen molar-refractivity contribution in [2.75, 3.05) is 29.9 Å². The summed E-state index contributed by atoms with van der Waals surface area (Å²) in [6.45, 7) is 0.00569. The van der Waals surface area contributed by atoms with Crippen LogP contribution in [0.25, 0.3) is 0 Å². The smallest absolute Gasteiger partial charge is 0.239 e. The highest BCUT2D eigenvalue weighted by atomic mass is 32.2. The molecule has 0 radical (unpaired) electrons. The molecule has 0 spiro atoms. The van der Waals surface area contributed by atoms with Gasteiger partial charge in [-0.25, -0.2) is 12.8 Å². The van der Waals surface area contributed by atoms with Gasteiger partial charge in [0, 0.05) is 12.2 Å². The topological polar surface area (TPSA) is 92.5 Å². The van der Waals surface area contributed by atoms with Crippen LogP contribution in [0.4, 0.5) is 15.8 Å². The molecule has 1 aliphatic heterocycles. The summed E-state index contributed by atoms with van der Waals surface area (Å²) in [5, 5.41) is 2.32. The maximum absolute atomic E-state index is 13.4. The highest BCUT2D eigenvalue weighted by molar-refractivity contribution is 7.89. The first-order valence-corrected chi connectivity index (χ1v) is 7.32. The number of halogens is 1. The number of anilines is 2. The predicted molar refractivity (Wildman–Crippen MR) is 69.4 cm³/mol. The molecule has 1 aromatic rings. The number of sulfonamides is 1. The zero-order valence-electron chi connectivity index (χ0n) is 10.1. The number of hydrogen-bond donors (Lipinski definition) is 2. The standard InChI is InChI=1S/C11H14FN3O3S/c12-9-3-2-8(13)6-10(9)14-11(16)7-15-4-1-5-19(15,17)18/h2-3,6H,1,4-5,7,13H2,(H,14,16). The highest BCUT2D eigenvalue weighted by Gasteiger charge is 2.29. The third-order valence-corrected chi connectivity index (χ3v) is 4.69. The number of nitrogens with one attached hydrogen (secondary N) is 1. The van der Waals surface area contributed by atoms with Gasteiger partial charge in [-0.3, -0.25) is 4.79 Å². The normalized spacial score (nSPS) is 18.4. The van der Waals surface area contributed by atoms with Gasteiger partial charge in [0.25, 0.3) is 0 Å². The lowest BCUT2D eigenvalue weighted by atomic mass is 10.2. The second kappa shape index (κ2) is 5.14. The Morgan fingerprint density at radius 3 is 2.84 bits per heavy atom. The number of nitrogens with two attached hydrogens (primary N) is 1. The number of rotatable bonds is 3. The molecule has 1 heterocycles. The molecule has 19 heavy (non-hydrogen) atoms. The molecule has 1 aromatic carbocycles. The van der Waals surface area contributed by atoms with Crippen LogP contribution in [0.15, 0.2) is 18.2 Å². The van der Waals surface area contributed by atoms with Crippen LogP contribution in [0.5, 0.6) is 0 Å². The van der Waals surface area contributed by atoms with Gasteiger partial charge >= 0.3 is 0 Å². The summed E-state index contributed by atoms with van der Waals surface area (Å²) in [4.78, 5) is 11.7. The van der Waals surface area contributed by atoms with E-state index in [0.29, 0.717) is 18.7 Å². The van der Waals surface area contributed by atoms with Gasteiger partial charge < -0.3 is 11.1 Å². The molecule has 0 bridgehead atoms. The molecule has 0 aromatic heterocycles. The van der Waals surface area contributed by atoms with E-state index in [9.17, 15) is 17.6 Å². The molecule has 8 heteroatoms. The number of benzene rings is 1. The fourth-order valence-corrected chi connectivity index (χ4v) is 3.33. The number of carbonyl (C=O) groups excluding carboxylic acids is 1. The van der Waals surface area contributed by atoms with E-state index in [2.05, 4.69) is 5.32 Å². The molecule has 1 amide bonds. The van der Waals surface area contributed by atoms with E-state index < -0.39 is 21.7 Å². The number of carbonyl (C=O) groups is 1. The van der Waals surface area contributed by atoms with E-state index in [0.717, 1.165) is 10.4 Å². The van der Waals surface area contributed by atoms with Crippen LogP contribution < -0.4 is 11.1 Å². The van der Waals surface area contributed by atoms with Crippen molar-refractivity contribution >= 4 is 27.3 Å². The molecular formula is C11H14FN3O3S. The number of hydrogen-bond acceptors (Lipinski definition) is 4. The molecule has 0 unspecified atom stereocenters. The number of amides is 1. The summed E-state index contributed by atoms with van der Waals surface area (Å²) in [7, 11) is -3.34. The van der Waals surface area contributed by atoms with Gasteiger partial charge in [-0.2, -0.15) is 4.31 Å². The lowest BCUT2D eigenvalue weighted by Gasteiger charge is -2.14. The second-order valence-electron chi connectivity index (χ2n) is 4.29. The van der Waals surface area contributed by atoms with Gasteiger partial charge in [0.05, 0.1) is 18.0 Å². The molecule has 104 valence electrons. The molecular weight excluding hydrogens is 273 g/mol. The van der Waals surface area contributed by atoms with Gasteiger partial charge in [-0.05, 0) is 24.6 Å². The molecule has 0 atom stereocenters. The average Bonchev–Trinajstić information content (AvgIpc) is 2.63. The first kappa shape index (κ1) is 13.8. The summed E-state index contributed by atoms with van der Waals surface area (Å²) in [5.74, 6) is -1.16. The summed E-state index contributed by atoms with van der Waals surface area (Å²) in [5.41, 5.74) is 5.74. The Morgan fingerprint density at radius 1 is 1.47 bits per heavy atom. The van der Waals surface area contributed by atoms with Crippen LogP contribution in [0.3, 0.4) is 0 Å². The van der Waals surface area contributed by atoms with Crippen molar-refractivity contribution in [2.24, 2.45) is 0 Å². The van der Waals surface area contributed by atoms with Crippen LogP contribution >= 0.6 is 0 Å². The second-order valence-corrected chi connectivity index (χ2v) is 6.38. The van der Waals surface area contributed by atoms with Crippen molar-refractivity contribution < 1.29 is 17.6 Å². The van der Waals surface area contributed by atoms with E-state index in [4.69, 9.17) is 5.73 Å². The maximum atomic E-state index is 13.4. The predicted octanol–water partition coefficient (Wildman–Crippen LogP) is 0.382. The molecule has 6 nitrogen and oxygen atoms in total. The fraction of sp³-hybridized carbons (Fsp3) is 0.364. The molecule has 3 N–H and O–H groups in total. The third-order valence-electron chi connectivity index (χ3n) is 2.79. The minimum Gasteiger partial charge on any atom is -0.399 e. The monoisotopic (exact) mass is 287 g/mol. The van der Waals surface area contributed by atoms with Crippen LogP contribution in [0, 0.1) is 5.82 Å². The van der Waals surface area contributed by atoms with Gasteiger partial charge in [0.1, 0.15) is 5.82 Å². The Morgan fingerprint density at radius 2 is 2.21 bits per heavy atom. The lowest BCUT2D eigenvalue weighted by Crippen LogP contribution is -2.34. The van der Waals surface area contributed by atoms with Crippen molar-refractivity contribution in [3.05, 3.63) is 24.0 Å². The van der Waals surface area contributed by atoms with E-state index >= 15 is 0 Å². The van der Waals surface area contributed by atoms with Crippen LogP contribution in [0.1, 0.15) is 6.42 Å². The summed E-state index contributed by atoms with van der Waals surface area (Å²) in [6.07, 6.45) is 0.502. The zero-order chi connectivity index (χ0) is 14.0. The molecule has 0 saturated carbocycles. The summed E-state index contributed by atoms with van der Waals surface area (Å²) < 4.78 is 37.5. The maximum Gasteiger partial charge on any atom is 0.239 e. The van der Waals surface area contributed by atoms with Gasteiger partial charge in [-0.15, -0.1) is 0 Å². The molecule has 1 saturated heterocycles. The first-order valence-electron chi connectivity index (χ1n) is 5.71. The minimum atomic E-state index is -3.34. The molecule has 1 fully saturated rings. The highest BCUT2D eigenvalue weighted by Crippen LogP contribution is 2.18. The van der Waals surface area contributed by atoms with Gasteiger partial charge in [0.2, 0.25) is 15.9 Å². The van der Waals surface area contributed by atoms with Crippen molar-refractivity contribution in [1.82, 2.24) is 4.31 Å². The number of nitrogens with zero attached hydrogens (tertiary/aromatic N) is 1.